The first kappa shape index (κ1) is 85.0. The van der Waals surface area contributed by atoms with Gasteiger partial charge >= 0.3 is 0 Å². The maximum atomic E-state index is 13.0. The molecular weight excluding hydrogens is 1080 g/mol. The van der Waals surface area contributed by atoms with Crippen molar-refractivity contribution in [2.24, 2.45) is 0 Å². The van der Waals surface area contributed by atoms with Crippen molar-refractivity contribution in [3.05, 3.63) is 24.3 Å². The average Bonchev–Trinajstić information content (AvgIpc) is 3.70. The van der Waals surface area contributed by atoms with Gasteiger partial charge in [0, 0.05) is 6.42 Å². The van der Waals surface area contributed by atoms with Crippen molar-refractivity contribution >= 4 is 13.7 Å². The number of unbranched alkanes of at least 4 members (excludes halogenated alkanes) is 58. The van der Waals surface area contributed by atoms with Crippen LogP contribution in [-0.4, -0.2) is 68.5 Å². The fourth-order valence-electron chi connectivity index (χ4n) is 12.2. The normalized spacial score (nSPS) is 13.6. The minimum Gasteiger partial charge on any atom is -0.756 e. The predicted octanol–water partition coefficient (Wildman–Crippen LogP) is 24.4. The van der Waals surface area contributed by atoms with Gasteiger partial charge in [-0.25, -0.2) is 0 Å². The van der Waals surface area contributed by atoms with Crippen LogP contribution in [0.4, 0.5) is 0 Å². The molecule has 0 rings (SSSR count). The number of aliphatic hydroxyl groups is 1. The molecule has 0 aromatic carbocycles. The smallest absolute Gasteiger partial charge is 0.268 e. The summed E-state index contributed by atoms with van der Waals surface area (Å²) in [7, 11) is 1.27. The average molecular weight is 1230 g/mol. The number of aliphatic hydroxyl groups excluding tert-OH is 1. The standard InChI is InChI=1S/C77H153N2O6P/c1-6-8-10-12-14-16-18-20-22-24-26-28-30-31-32-33-34-35-36-37-38-39-40-41-42-43-44-45-46-47-49-51-53-55-57-59-61-63-65-67-69-71-77(81)78-75(74-85-86(82,83)84-73-72-79(3,4)5)76(80)70-68-66-64-62-60-58-56-54-52-50-48-29-27-25-23-21-19-17-15-13-11-9-7-2/h60,62,68,70,75-76,80H,6-59,61,63-67,69,71-74H2,1-5H3,(H-,78,81,82,83)/b62-60+,70-68+. The zero-order valence-corrected chi connectivity index (χ0v) is 59.7. The summed E-state index contributed by atoms with van der Waals surface area (Å²) in [5.74, 6) is -0.197. The Kier molecular flexibility index (Phi) is 67.5. The van der Waals surface area contributed by atoms with Crippen molar-refractivity contribution in [2.45, 2.75) is 424 Å². The van der Waals surface area contributed by atoms with Crippen LogP contribution >= 0.6 is 7.82 Å². The summed E-state index contributed by atoms with van der Waals surface area (Å²) >= 11 is 0. The molecule has 0 saturated heterocycles. The van der Waals surface area contributed by atoms with E-state index in [0.29, 0.717) is 17.4 Å². The fourth-order valence-corrected chi connectivity index (χ4v) is 12.9. The molecule has 0 aliphatic carbocycles. The molecule has 86 heavy (non-hydrogen) atoms. The Labute approximate surface area is 538 Å². The number of carbonyl (C=O) groups excluding carboxylic acids is 1. The van der Waals surface area contributed by atoms with Crippen molar-refractivity contribution < 1.29 is 32.9 Å². The monoisotopic (exact) mass is 1230 g/mol. The number of nitrogens with zero attached hydrogens (tertiary/aromatic N) is 1. The highest BCUT2D eigenvalue weighted by molar-refractivity contribution is 7.45. The lowest BCUT2D eigenvalue weighted by Crippen LogP contribution is -2.45. The van der Waals surface area contributed by atoms with E-state index >= 15 is 0 Å². The minimum absolute atomic E-state index is 0.00338. The number of nitrogens with one attached hydrogen (secondary N) is 1. The SMILES string of the molecule is CCCCCCCCCCCCCCCCCCC/C=C/CC/C=C/C(O)C(COP(=O)([O-])OCC[N+](C)(C)C)NC(=O)CCCCCCCCCCCCCCCCCCCCCCCCCCCCCCCCCCCCCCCCCCC. The molecule has 0 radical (unpaired) electrons. The lowest BCUT2D eigenvalue weighted by atomic mass is 10.0. The number of rotatable bonds is 73. The second kappa shape index (κ2) is 68.3. The summed E-state index contributed by atoms with van der Waals surface area (Å²) in [6, 6.07) is -0.902. The Morgan fingerprint density at radius 2 is 0.651 bits per heavy atom. The van der Waals surface area contributed by atoms with Gasteiger partial charge < -0.3 is 28.8 Å². The van der Waals surface area contributed by atoms with Crippen LogP contribution in [0.1, 0.15) is 412 Å². The molecule has 0 aliphatic heterocycles. The van der Waals surface area contributed by atoms with Crippen molar-refractivity contribution in [2.75, 3.05) is 40.9 Å². The summed E-state index contributed by atoms with van der Waals surface area (Å²) < 4.78 is 23.5. The molecule has 0 aromatic heterocycles. The highest BCUT2D eigenvalue weighted by Crippen LogP contribution is 2.38. The Morgan fingerprint density at radius 3 is 0.942 bits per heavy atom. The van der Waals surface area contributed by atoms with Crippen LogP contribution in [0.5, 0.6) is 0 Å². The molecule has 0 bridgehead atoms. The fraction of sp³-hybridized carbons (Fsp3) is 0.935. The van der Waals surface area contributed by atoms with E-state index in [0.717, 1.165) is 38.5 Å². The van der Waals surface area contributed by atoms with Crippen molar-refractivity contribution in [1.82, 2.24) is 5.32 Å². The van der Waals surface area contributed by atoms with Gasteiger partial charge in [0.1, 0.15) is 13.2 Å². The molecular formula is C77H153N2O6P. The third-order valence-electron chi connectivity index (χ3n) is 18.2. The summed E-state index contributed by atoms with van der Waals surface area (Å²) in [4.78, 5) is 25.6. The molecule has 8 nitrogen and oxygen atoms in total. The molecule has 3 unspecified atom stereocenters. The zero-order valence-electron chi connectivity index (χ0n) is 58.8. The maximum Gasteiger partial charge on any atom is 0.268 e. The van der Waals surface area contributed by atoms with Crippen molar-refractivity contribution in [3.8, 4) is 0 Å². The van der Waals surface area contributed by atoms with Gasteiger partial charge in [0.15, 0.2) is 0 Å². The van der Waals surface area contributed by atoms with Crippen LogP contribution in [-0.2, 0) is 18.4 Å². The van der Waals surface area contributed by atoms with Crippen molar-refractivity contribution in [1.29, 1.82) is 0 Å². The number of allylic oxidation sites excluding steroid dienone is 3. The van der Waals surface area contributed by atoms with Gasteiger partial charge in [-0.2, -0.15) is 0 Å². The lowest BCUT2D eigenvalue weighted by molar-refractivity contribution is -0.870. The first-order chi connectivity index (χ1) is 42.0. The van der Waals surface area contributed by atoms with Gasteiger partial charge in [-0.05, 0) is 32.1 Å². The lowest BCUT2D eigenvalue weighted by Gasteiger charge is -2.29. The van der Waals surface area contributed by atoms with Gasteiger partial charge in [0.25, 0.3) is 7.82 Å². The number of likely N-dealkylation sites (N-methyl/N-ethyl adjacent to an activating group) is 1. The zero-order chi connectivity index (χ0) is 62.6. The molecule has 2 N–H and O–H groups in total. The van der Waals surface area contributed by atoms with E-state index in [1.54, 1.807) is 6.08 Å². The van der Waals surface area contributed by atoms with Crippen LogP contribution in [0.15, 0.2) is 24.3 Å². The quantitative estimate of drug-likeness (QED) is 0.0272. The topological polar surface area (TPSA) is 108 Å². The van der Waals surface area contributed by atoms with Crippen LogP contribution < -0.4 is 10.2 Å². The summed E-state index contributed by atoms with van der Waals surface area (Å²) in [5.41, 5.74) is 0. The molecule has 0 fully saturated rings. The number of phosphoric ester groups is 1. The summed E-state index contributed by atoms with van der Waals surface area (Å²) in [6.07, 6.45) is 90.7. The van der Waals surface area contributed by atoms with E-state index in [1.165, 1.54) is 353 Å². The number of carbonyl (C=O) groups is 1. The first-order valence-corrected chi connectivity index (χ1v) is 40.2. The molecule has 0 aliphatic rings. The maximum absolute atomic E-state index is 13.0. The summed E-state index contributed by atoms with van der Waals surface area (Å²) in [6.45, 7) is 4.70. The van der Waals surface area contributed by atoms with Crippen LogP contribution in [0.25, 0.3) is 0 Å². The molecule has 3 atom stereocenters. The van der Waals surface area contributed by atoms with Crippen LogP contribution in [0.2, 0.25) is 0 Å². The van der Waals surface area contributed by atoms with Gasteiger partial charge in [0.2, 0.25) is 5.91 Å². The van der Waals surface area contributed by atoms with E-state index in [-0.39, 0.29) is 19.1 Å². The molecule has 0 spiro atoms. The van der Waals surface area contributed by atoms with Gasteiger partial charge in [-0.3, -0.25) is 9.36 Å². The van der Waals surface area contributed by atoms with E-state index in [2.05, 4.69) is 31.3 Å². The number of hydrogen-bond donors (Lipinski definition) is 2. The Morgan fingerprint density at radius 1 is 0.395 bits per heavy atom. The molecule has 0 aromatic rings. The second-order valence-corrected chi connectivity index (χ2v) is 29.5. The Balaban J connectivity index is 3.90. The van der Waals surface area contributed by atoms with Gasteiger partial charge in [-0.1, -0.05) is 398 Å². The molecule has 512 valence electrons. The Hall–Kier alpha value is -1.02. The third kappa shape index (κ3) is 70.4. The highest BCUT2D eigenvalue weighted by atomic mass is 31.2. The predicted molar refractivity (Wildman–Crippen MR) is 376 cm³/mol. The van der Waals surface area contributed by atoms with E-state index in [1.807, 2.05) is 27.2 Å². The number of quaternary nitrogens is 1. The van der Waals surface area contributed by atoms with E-state index in [4.69, 9.17) is 9.05 Å². The number of phosphoric acid groups is 1. The minimum atomic E-state index is -4.61. The molecule has 1 amide bonds. The largest absolute Gasteiger partial charge is 0.756 e. The van der Waals surface area contributed by atoms with E-state index < -0.39 is 20.0 Å². The van der Waals surface area contributed by atoms with Gasteiger partial charge in [-0.15, -0.1) is 0 Å². The third-order valence-corrected chi connectivity index (χ3v) is 19.1. The van der Waals surface area contributed by atoms with Crippen molar-refractivity contribution in [3.63, 3.8) is 0 Å². The first-order valence-electron chi connectivity index (χ1n) is 38.7. The molecule has 9 heteroatoms. The van der Waals surface area contributed by atoms with Crippen LogP contribution in [0, 0.1) is 0 Å². The van der Waals surface area contributed by atoms with Gasteiger partial charge in [0.05, 0.1) is 39.9 Å². The Bertz CT molecular complexity index is 1450. The highest BCUT2D eigenvalue weighted by Gasteiger charge is 2.23. The van der Waals surface area contributed by atoms with Crippen LogP contribution in [0.3, 0.4) is 0 Å². The summed E-state index contributed by atoms with van der Waals surface area (Å²) in [5, 5.41) is 14.0. The molecule has 0 saturated carbocycles. The molecule has 0 heterocycles. The van der Waals surface area contributed by atoms with E-state index in [9.17, 15) is 19.4 Å². The second-order valence-electron chi connectivity index (χ2n) is 28.1. The number of hydrogen-bond acceptors (Lipinski definition) is 6. The number of amides is 1.